The molecule has 3 heterocycles. The van der Waals surface area contributed by atoms with Gasteiger partial charge in [0, 0.05) is 25.5 Å². The Morgan fingerprint density at radius 1 is 1.20 bits per heavy atom. The summed E-state index contributed by atoms with van der Waals surface area (Å²) >= 11 is 5.73. The number of halogens is 1. The number of ether oxygens (including phenoxy) is 1. The Labute approximate surface area is 150 Å². The molecule has 7 nitrogen and oxygen atoms in total. The van der Waals surface area contributed by atoms with Gasteiger partial charge in [-0.3, -0.25) is 4.79 Å². The molecule has 1 amide bonds. The van der Waals surface area contributed by atoms with E-state index in [1.54, 1.807) is 30.5 Å². The van der Waals surface area contributed by atoms with Crippen molar-refractivity contribution in [3.05, 3.63) is 47.2 Å². The Morgan fingerprint density at radius 3 is 2.72 bits per heavy atom. The Hall–Kier alpha value is -2.67. The molecule has 130 valence electrons. The van der Waals surface area contributed by atoms with Crippen LogP contribution < -0.4 is 10.2 Å². The van der Waals surface area contributed by atoms with Gasteiger partial charge in [0.25, 0.3) is 5.91 Å². The first-order valence-electron chi connectivity index (χ1n) is 7.92. The molecule has 1 aliphatic heterocycles. The van der Waals surface area contributed by atoms with Gasteiger partial charge in [0.05, 0.1) is 5.02 Å². The molecule has 8 heteroatoms. The van der Waals surface area contributed by atoms with Crippen molar-refractivity contribution in [2.75, 3.05) is 29.9 Å². The van der Waals surface area contributed by atoms with E-state index >= 15 is 0 Å². The quantitative estimate of drug-likeness (QED) is 0.825. The van der Waals surface area contributed by atoms with Gasteiger partial charge in [-0.25, -0.2) is 14.8 Å². The van der Waals surface area contributed by atoms with Gasteiger partial charge >= 0.3 is 5.97 Å². The molecule has 0 spiro atoms. The van der Waals surface area contributed by atoms with Crippen molar-refractivity contribution in [1.29, 1.82) is 0 Å². The zero-order valence-corrected chi connectivity index (χ0v) is 14.2. The lowest BCUT2D eigenvalue weighted by molar-refractivity contribution is -0.119. The highest BCUT2D eigenvalue weighted by molar-refractivity contribution is 6.30. The van der Waals surface area contributed by atoms with E-state index in [2.05, 4.69) is 15.3 Å². The standard InChI is InChI=1S/C17H17ClN4O3/c18-12-5-6-14(20-10-12)21-15(23)11-25-17(24)13-4-3-7-19-16(13)22-8-1-2-9-22/h3-7,10H,1-2,8-9,11H2,(H,20,21,23). The van der Waals surface area contributed by atoms with Gasteiger partial charge in [-0.15, -0.1) is 0 Å². The number of hydrogen-bond donors (Lipinski definition) is 1. The second-order valence-corrected chi connectivity index (χ2v) is 5.99. The number of carbonyl (C=O) groups excluding carboxylic acids is 2. The maximum absolute atomic E-state index is 12.3. The van der Waals surface area contributed by atoms with Crippen LogP contribution in [0.1, 0.15) is 23.2 Å². The smallest absolute Gasteiger partial charge is 0.342 e. The van der Waals surface area contributed by atoms with E-state index in [1.165, 1.54) is 6.20 Å². The molecule has 0 atom stereocenters. The van der Waals surface area contributed by atoms with Gasteiger partial charge in [-0.1, -0.05) is 11.6 Å². The minimum absolute atomic E-state index is 0.338. The SMILES string of the molecule is O=C(COC(=O)c1cccnc1N1CCCC1)Nc1ccc(Cl)cn1. The molecule has 0 aliphatic carbocycles. The monoisotopic (exact) mass is 360 g/mol. The van der Waals surface area contributed by atoms with Crippen LogP contribution in [0, 0.1) is 0 Å². The Morgan fingerprint density at radius 2 is 2.00 bits per heavy atom. The van der Waals surface area contributed by atoms with Gasteiger partial charge in [0.1, 0.15) is 17.2 Å². The Balaban J connectivity index is 1.59. The number of aromatic nitrogens is 2. The summed E-state index contributed by atoms with van der Waals surface area (Å²) in [4.78, 5) is 34.5. The van der Waals surface area contributed by atoms with Crippen molar-refractivity contribution in [2.24, 2.45) is 0 Å². The van der Waals surface area contributed by atoms with E-state index < -0.39 is 18.5 Å². The van der Waals surface area contributed by atoms with Crippen molar-refractivity contribution in [3.8, 4) is 0 Å². The van der Waals surface area contributed by atoms with E-state index in [-0.39, 0.29) is 0 Å². The average molecular weight is 361 g/mol. The van der Waals surface area contributed by atoms with Crippen molar-refractivity contribution in [2.45, 2.75) is 12.8 Å². The molecule has 1 N–H and O–H groups in total. The summed E-state index contributed by atoms with van der Waals surface area (Å²) in [6, 6.07) is 6.50. The number of nitrogens with zero attached hydrogens (tertiary/aromatic N) is 3. The van der Waals surface area contributed by atoms with Gasteiger partial charge in [0.15, 0.2) is 6.61 Å². The lowest BCUT2D eigenvalue weighted by atomic mass is 10.2. The summed E-state index contributed by atoms with van der Waals surface area (Å²) in [6.45, 7) is 1.32. The van der Waals surface area contributed by atoms with Crippen LogP contribution in [0.5, 0.6) is 0 Å². The maximum Gasteiger partial charge on any atom is 0.342 e. The average Bonchev–Trinajstić information content (AvgIpc) is 3.16. The summed E-state index contributed by atoms with van der Waals surface area (Å²) in [6.07, 6.45) is 5.20. The van der Waals surface area contributed by atoms with E-state index in [0.29, 0.717) is 22.2 Å². The molecular weight excluding hydrogens is 344 g/mol. The first kappa shape index (κ1) is 17.2. The van der Waals surface area contributed by atoms with Gasteiger partial charge < -0.3 is 15.0 Å². The van der Waals surface area contributed by atoms with Crippen LogP contribution in [0.3, 0.4) is 0 Å². The topological polar surface area (TPSA) is 84.4 Å². The Kier molecular flexibility index (Phi) is 5.45. The number of esters is 1. The first-order valence-corrected chi connectivity index (χ1v) is 8.30. The molecule has 25 heavy (non-hydrogen) atoms. The molecule has 0 saturated carbocycles. The van der Waals surface area contributed by atoms with Crippen LogP contribution in [-0.2, 0) is 9.53 Å². The highest BCUT2D eigenvalue weighted by Crippen LogP contribution is 2.22. The largest absolute Gasteiger partial charge is 0.452 e. The van der Waals surface area contributed by atoms with Crippen molar-refractivity contribution in [3.63, 3.8) is 0 Å². The normalized spacial score (nSPS) is 13.6. The summed E-state index contributed by atoms with van der Waals surface area (Å²) in [5.41, 5.74) is 0.363. The number of anilines is 2. The third kappa shape index (κ3) is 4.45. The zero-order valence-electron chi connectivity index (χ0n) is 13.4. The molecule has 1 fully saturated rings. The highest BCUT2D eigenvalue weighted by atomic mass is 35.5. The van der Waals surface area contributed by atoms with E-state index in [9.17, 15) is 9.59 Å². The summed E-state index contributed by atoms with van der Waals surface area (Å²) in [7, 11) is 0. The fraction of sp³-hybridized carbons (Fsp3) is 0.294. The minimum atomic E-state index is -0.575. The zero-order chi connectivity index (χ0) is 17.6. The number of pyridine rings is 2. The van der Waals surface area contributed by atoms with Crippen molar-refractivity contribution >= 4 is 35.1 Å². The van der Waals surface area contributed by atoms with Crippen LogP contribution in [0.4, 0.5) is 11.6 Å². The third-order valence-electron chi connectivity index (χ3n) is 3.74. The molecule has 0 aromatic carbocycles. The number of nitrogens with one attached hydrogen (secondary N) is 1. The van der Waals surface area contributed by atoms with Gasteiger partial charge in [-0.2, -0.15) is 0 Å². The van der Waals surface area contributed by atoms with Crippen LogP contribution in [0.25, 0.3) is 0 Å². The van der Waals surface area contributed by atoms with Crippen LogP contribution >= 0.6 is 11.6 Å². The fourth-order valence-electron chi connectivity index (χ4n) is 2.57. The molecule has 2 aromatic heterocycles. The Bertz CT molecular complexity index is 761. The second kappa shape index (κ2) is 7.94. The molecule has 0 unspecified atom stereocenters. The molecule has 0 radical (unpaired) electrons. The minimum Gasteiger partial charge on any atom is -0.452 e. The summed E-state index contributed by atoms with van der Waals surface area (Å²) in [5, 5.41) is 3.00. The number of amides is 1. The number of carbonyl (C=O) groups is 2. The number of rotatable bonds is 5. The summed E-state index contributed by atoms with van der Waals surface area (Å²) < 4.78 is 5.11. The van der Waals surface area contributed by atoms with Gasteiger partial charge in [0.2, 0.25) is 0 Å². The molecule has 3 rings (SSSR count). The lowest BCUT2D eigenvalue weighted by Crippen LogP contribution is -2.25. The molecular formula is C17H17ClN4O3. The fourth-order valence-corrected chi connectivity index (χ4v) is 2.69. The summed E-state index contributed by atoms with van der Waals surface area (Å²) in [5.74, 6) is -0.113. The van der Waals surface area contributed by atoms with Gasteiger partial charge in [-0.05, 0) is 37.1 Å². The van der Waals surface area contributed by atoms with Crippen LogP contribution in [0.2, 0.25) is 5.02 Å². The third-order valence-corrected chi connectivity index (χ3v) is 3.97. The van der Waals surface area contributed by atoms with E-state index in [4.69, 9.17) is 16.3 Å². The van der Waals surface area contributed by atoms with E-state index in [0.717, 1.165) is 25.9 Å². The molecule has 1 aliphatic rings. The molecule has 0 bridgehead atoms. The second-order valence-electron chi connectivity index (χ2n) is 5.55. The predicted molar refractivity (Wildman–Crippen MR) is 93.8 cm³/mol. The lowest BCUT2D eigenvalue weighted by Gasteiger charge is -2.18. The predicted octanol–water partition coefficient (Wildman–Crippen LogP) is 2.53. The van der Waals surface area contributed by atoms with Crippen LogP contribution in [0.15, 0.2) is 36.7 Å². The first-order chi connectivity index (χ1) is 12.1. The van der Waals surface area contributed by atoms with Crippen LogP contribution in [-0.4, -0.2) is 41.5 Å². The molecule has 1 saturated heterocycles. The van der Waals surface area contributed by atoms with E-state index in [1.807, 2.05) is 4.90 Å². The van der Waals surface area contributed by atoms with Crippen molar-refractivity contribution in [1.82, 2.24) is 9.97 Å². The molecule has 2 aromatic rings. The number of hydrogen-bond acceptors (Lipinski definition) is 6. The maximum atomic E-state index is 12.3. The van der Waals surface area contributed by atoms with Crippen molar-refractivity contribution < 1.29 is 14.3 Å². The highest BCUT2D eigenvalue weighted by Gasteiger charge is 2.22.